The summed E-state index contributed by atoms with van der Waals surface area (Å²) in [6.45, 7) is 12.8. The molecule has 13 heavy (non-hydrogen) atoms. The first kappa shape index (κ1) is 12.9. The summed E-state index contributed by atoms with van der Waals surface area (Å²) in [6.07, 6.45) is 0. The molecule has 2 nitrogen and oxygen atoms in total. The normalized spacial score (nSPS) is 16.9. The molecule has 4 heteroatoms. The Morgan fingerprint density at radius 3 is 2.08 bits per heavy atom. The van der Waals surface area contributed by atoms with E-state index in [4.69, 9.17) is 16.0 Å². The fourth-order valence-electron chi connectivity index (χ4n) is 0.434. The summed E-state index contributed by atoms with van der Waals surface area (Å²) in [7, 11) is 0. The number of carbonyl (C=O) groups excluding carboxylic acids is 1. The van der Waals surface area contributed by atoms with Gasteiger partial charge in [-0.25, -0.2) is 0 Å². The quantitative estimate of drug-likeness (QED) is 0.418. The van der Waals surface area contributed by atoms with Gasteiger partial charge >= 0.3 is 84.5 Å². The molecule has 0 aliphatic rings. The van der Waals surface area contributed by atoms with Gasteiger partial charge in [0.1, 0.15) is 0 Å². The van der Waals surface area contributed by atoms with Crippen LogP contribution in [0.25, 0.3) is 0 Å². The monoisotopic (exact) mass is 224 g/mol. The maximum atomic E-state index is 11.2. The second kappa shape index (κ2) is 3.59. The van der Waals surface area contributed by atoms with E-state index in [0.717, 1.165) is 0 Å². The molecule has 0 saturated heterocycles. The Kier molecular flexibility index (Phi) is 3.57. The van der Waals surface area contributed by atoms with E-state index in [9.17, 15) is 4.79 Å². The molecule has 0 bridgehead atoms. The van der Waals surface area contributed by atoms with E-state index in [1.807, 2.05) is 26.9 Å². The number of esters is 1. The van der Waals surface area contributed by atoms with Crippen molar-refractivity contribution in [2.45, 2.75) is 19.7 Å². The Morgan fingerprint density at radius 2 is 1.85 bits per heavy atom. The Labute approximate surface area is 85.0 Å². The Morgan fingerprint density at radius 1 is 1.46 bits per heavy atom. The minimum atomic E-state index is -2.34. The van der Waals surface area contributed by atoms with Crippen LogP contribution in [0.5, 0.6) is 0 Å². The molecule has 1 atom stereocenters. The van der Waals surface area contributed by atoms with E-state index in [2.05, 4.69) is 6.58 Å². The summed E-state index contributed by atoms with van der Waals surface area (Å²) in [5, 5.41) is 0. The minimum absolute atomic E-state index is 0.239. The van der Waals surface area contributed by atoms with Gasteiger partial charge < -0.3 is 0 Å². The van der Waals surface area contributed by atoms with Crippen molar-refractivity contribution < 1.29 is 9.53 Å². The molecule has 0 heterocycles. The van der Waals surface area contributed by atoms with Crippen LogP contribution in [0.3, 0.4) is 0 Å². The van der Waals surface area contributed by atoms with Crippen molar-refractivity contribution in [3.8, 4) is 0 Å². The van der Waals surface area contributed by atoms with E-state index in [0.29, 0.717) is 5.57 Å². The van der Waals surface area contributed by atoms with Gasteiger partial charge in [-0.2, -0.15) is 0 Å². The standard InChI is InChI=1S/C9H18ClO2P/c1-7(2)9(11)12-8(3)13(4,5,6)10/h8H,1H2,2-6H3. The van der Waals surface area contributed by atoms with Gasteiger partial charge in [0, 0.05) is 0 Å². The Bertz CT molecular complexity index is 230. The summed E-state index contributed by atoms with van der Waals surface area (Å²) in [5.74, 6) is -2.95. The van der Waals surface area contributed by atoms with Gasteiger partial charge in [-0.05, 0) is 0 Å². The molecule has 0 aromatic heterocycles. The Balaban J connectivity index is 4.42. The van der Waals surface area contributed by atoms with Gasteiger partial charge in [0.25, 0.3) is 0 Å². The average Bonchev–Trinajstić information content (AvgIpc) is 1.83. The van der Waals surface area contributed by atoms with Crippen molar-refractivity contribution in [1.82, 2.24) is 0 Å². The summed E-state index contributed by atoms with van der Waals surface area (Å²) in [5.41, 5.74) is 0.406. The molecule has 0 amide bonds. The molecule has 0 aromatic rings. The predicted octanol–water partition coefficient (Wildman–Crippen LogP) is 3.05. The second-order valence-corrected chi connectivity index (χ2v) is 14.3. The zero-order valence-corrected chi connectivity index (χ0v) is 10.6. The molecule has 0 N–H and O–H groups in total. The van der Waals surface area contributed by atoms with Crippen LogP contribution in [-0.2, 0) is 9.53 Å². The van der Waals surface area contributed by atoms with Crippen LogP contribution in [0.2, 0.25) is 0 Å². The van der Waals surface area contributed by atoms with Gasteiger partial charge in [-0.1, -0.05) is 0 Å². The summed E-state index contributed by atoms with van der Waals surface area (Å²) in [4.78, 5) is 11.2. The SMILES string of the molecule is C=C(C)C(=O)OC(C)P(C)(C)(C)Cl. The molecular formula is C9H18ClO2P. The number of carbonyl (C=O) groups is 1. The topological polar surface area (TPSA) is 26.3 Å². The van der Waals surface area contributed by atoms with Crippen molar-refractivity contribution in [3.05, 3.63) is 12.2 Å². The molecule has 0 aliphatic carbocycles. The van der Waals surface area contributed by atoms with Crippen molar-refractivity contribution >= 4 is 23.2 Å². The van der Waals surface area contributed by atoms with Crippen LogP contribution in [0.4, 0.5) is 0 Å². The summed E-state index contributed by atoms with van der Waals surface area (Å²) >= 11 is 6.31. The third kappa shape index (κ3) is 4.64. The maximum absolute atomic E-state index is 11.2. The third-order valence-corrected chi connectivity index (χ3v) is 5.24. The first-order valence-electron chi connectivity index (χ1n) is 4.09. The average molecular weight is 225 g/mol. The van der Waals surface area contributed by atoms with Crippen LogP contribution in [0.15, 0.2) is 12.2 Å². The van der Waals surface area contributed by atoms with E-state index in [1.165, 1.54) is 0 Å². The van der Waals surface area contributed by atoms with E-state index in [-0.39, 0.29) is 11.8 Å². The van der Waals surface area contributed by atoms with Crippen LogP contribution in [-0.4, -0.2) is 31.8 Å². The molecule has 0 fully saturated rings. The fraction of sp³-hybridized carbons (Fsp3) is 0.667. The molecule has 78 valence electrons. The molecule has 1 unspecified atom stereocenters. The van der Waals surface area contributed by atoms with Crippen molar-refractivity contribution in [2.24, 2.45) is 0 Å². The molecular weight excluding hydrogens is 207 g/mol. The number of halogens is 1. The van der Waals surface area contributed by atoms with Crippen LogP contribution < -0.4 is 0 Å². The zero-order valence-electron chi connectivity index (χ0n) is 8.93. The zero-order chi connectivity index (χ0) is 10.9. The molecule has 0 radical (unpaired) electrons. The van der Waals surface area contributed by atoms with Crippen LogP contribution in [0, 0.1) is 0 Å². The van der Waals surface area contributed by atoms with Crippen molar-refractivity contribution in [2.75, 3.05) is 20.0 Å². The van der Waals surface area contributed by atoms with Crippen molar-refractivity contribution in [1.29, 1.82) is 0 Å². The number of ether oxygens (including phenoxy) is 1. The predicted molar refractivity (Wildman–Crippen MR) is 60.9 cm³/mol. The van der Waals surface area contributed by atoms with E-state index < -0.39 is 5.96 Å². The number of rotatable bonds is 3. The van der Waals surface area contributed by atoms with Gasteiger partial charge in [-0.3, -0.25) is 0 Å². The van der Waals surface area contributed by atoms with Gasteiger partial charge in [0.2, 0.25) is 0 Å². The van der Waals surface area contributed by atoms with E-state index >= 15 is 0 Å². The summed E-state index contributed by atoms with van der Waals surface area (Å²) < 4.78 is 5.17. The van der Waals surface area contributed by atoms with Gasteiger partial charge in [-0.15, -0.1) is 0 Å². The van der Waals surface area contributed by atoms with Crippen LogP contribution in [0.1, 0.15) is 13.8 Å². The van der Waals surface area contributed by atoms with E-state index in [1.54, 1.807) is 6.92 Å². The fourth-order valence-corrected chi connectivity index (χ4v) is 1.00. The molecule has 0 spiro atoms. The molecule has 0 saturated carbocycles. The third-order valence-electron chi connectivity index (χ3n) is 1.85. The van der Waals surface area contributed by atoms with Gasteiger partial charge in [0.15, 0.2) is 0 Å². The number of hydrogen-bond acceptors (Lipinski definition) is 2. The second-order valence-electron chi connectivity index (χ2n) is 4.51. The summed E-state index contributed by atoms with van der Waals surface area (Å²) in [6, 6.07) is 0. The first-order valence-corrected chi connectivity index (χ1v) is 8.65. The van der Waals surface area contributed by atoms with Crippen LogP contribution >= 0.6 is 17.2 Å². The molecule has 0 aromatic carbocycles. The number of hydrogen-bond donors (Lipinski definition) is 0. The Hall–Kier alpha value is -0.0700. The van der Waals surface area contributed by atoms with Gasteiger partial charge in [0.05, 0.1) is 0 Å². The molecule has 0 rings (SSSR count). The van der Waals surface area contributed by atoms with Crippen molar-refractivity contribution in [3.63, 3.8) is 0 Å². The first-order chi connectivity index (χ1) is 5.51. The molecule has 0 aliphatic heterocycles.